The molecule has 0 amide bonds. The lowest BCUT2D eigenvalue weighted by Gasteiger charge is -2.42. The van der Waals surface area contributed by atoms with Gasteiger partial charge in [0.05, 0.1) is 0 Å². The van der Waals surface area contributed by atoms with Gasteiger partial charge in [0.2, 0.25) is 0 Å². The summed E-state index contributed by atoms with van der Waals surface area (Å²) >= 11 is 0. The van der Waals surface area contributed by atoms with Gasteiger partial charge in [-0.1, -0.05) is 38.8 Å². The quantitative estimate of drug-likeness (QED) is 0.705. The number of nitrogens with two attached hydrogens (primary N) is 1. The molecule has 1 fully saturated rings. The maximum absolute atomic E-state index is 5.99. The molecule has 0 radical (unpaired) electrons. The molecule has 0 spiro atoms. The molecule has 0 bridgehead atoms. The van der Waals surface area contributed by atoms with Gasteiger partial charge in [-0.15, -0.1) is 0 Å². The zero-order chi connectivity index (χ0) is 12.2. The van der Waals surface area contributed by atoms with Crippen molar-refractivity contribution in [1.82, 2.24) is 5.32 Å². The molecular weight excluding hydrogens is 196 g/mol. The van der Waals surface area contributed by atoms with Crippen molar-refractivity contribution in [3.8, 4) is 0 Å². The minimum Gasteiger partial charge on any atom is -0.329 e. The molecule has 1 aliphatic carbocycles. The summed E-state index contributed by atoms with van der Waals surface area (Å²) in [5, 5.41) is 3.64. The third-order valence-electron chi connectivity index (χ3n) is 3.98. The first-order valence-electron chi connectivity index (χ1n) is 6.58. The average molecular weight is 224 g/mol. The summed E-state index contributed by atoms with van der Waals surface area (Å²) in [5.74, 6) is 1.60. The third kappa shape index (κ3) is 3.60. The Labute approximate surface area is 101 Å². The van der Waals surface area contributed by atoms with E-state index in [4.69, 9.17) is 5.73 Å². The zero-order valence-electron chi connectivity index (χ0n) is 11.2. The van der Waals surface area contributed by atoms with Crippen molar-refractivity contribution in [3.63, 3.8) is 0 Å². The number of hydrogen-bond donors (Lipinski definition) is 2. The first-order chi connectivity index (χ1) is 7.49. The van der Waals surface area contributed by atoms with Crippen LogP contribution in [0.4, 0.5) is 0 Å². The highest BCUT2D eigenvalue weighted by atomic mass is 15.0. The molecule has 0 saturated heterocycles. The van der Waals surface area contributed by atoms with Gasteiger partial charge >= 0.3 is 0 Å². The highest BCUT2D eigenvalue weighted by molar-refractivity contribution is 5.00. The molecule has 2 nitrogen and oxygen atoms in total. The molecule has 2 heteroatoms. The van der Waals surface area contributed by atoms with Crippen LogP contribution in [0.5, 0.6) is 0 Å². The van der Waals surface area contributed by atoms with Crippen LogP contribution in [0.1, 0.15) is 46.5 Å². The van der Waals surface area contributed by atoms with E-state index < -0.39 is 0 Å². The van der Waals surface area contributed by atoms with Crippen molar-refractivity contribution >= 4 is 0 Å². The Bertz CT molecular complexity index is 235. The van der Waals surface area contributed by atoms with Crippen LogP contribution < -0.4 is 11.1 Å². The summed E-state index contributed by atoms with van der Waals surface area (Å²) < 4.78 is 0. The van der Waals surface area contributed by atoms with Crippen molar-refractivity contribution in [2.45, 2.75) is 52.0 Å². The molecule has 1 rings (SSSR count). The second kappa shape index (κ2) is 5.83. The molecule has 94 valence electrons. The van der Waals surface area contributed by atoms with Crippen LogP contribution in [0.15, 0.2) is 12.2 Å². The van der Waals surface area contributed by atoms with E-state index in [0.717, 1.165) is 24.9 Å². The predicted octanol–water partition coefficient (Wildman–Crippen LogP) is 2.70. The minimum atomic E-state index is 0.173. The first kappa shape index (κ1) is 13.7. The molecule has 16 heavy (non-hydrogen) atoms. The standard InChI is InChI=1S/C14H28N2/c1-11(2)9-16-14(10-15)7-5-6-13(8-14)12(3)4/h12-13,16H,1,5-10,15H2,2-4H3. The monoisotopic (exact) mass is 224 g/mol. The van der Waals surface area contributed by atoms with E-state index in [9.17, 15) is 0 Å². The van der Waals surface area contributed by atoms with Crippen LogP contribution in [0, 0.1) is 11.8 Å². The number of rotatable bonds is 5. The first-order valence-corrected chi connectivity index (χ1v) is 6.58. The second-order valence-corrected chi connectivity index (χ2v) is 5.90. The molecule has 0 heterocycles. The van der Waals surface area contributed by atoms with Gasteiger partial charge in [0.1, 0.15) is 0 Å². The lowest BCUT2D eigenvalue weighted by atomic mass is 9.71. The average Bonchev–Trinajstić information content (AvgIpc) is 2.26. The molecule has 3 N–H and O–H groups in total. The Morgan fingerprint density at radius 2 is 2.25 bits per heavy atom. The largest absolute Gasteiger partial charge is 0.329 e. The van der Waals surface area contributed by atoms with Gasteiger partial charge in [0.15, 0.2) is 0 Å². The van der Waals surface area contributed by atoms with E-state index in [1.165, 1.54) is 31.3 Å². The van der Waals surface area contributed by atoms with E-state index in [-0.39, 0.29) is 5.54 Å². The van der Waals surface area contributed by atoms with Crippen molar-refractivity contribution in [1.29, 1.82) is 0 Å². The highest BCUT2D eigenvalue weighted by Gasteiger charge is 2.35. The van der Waals surface area contributed by atoms with Crippen LogP contribution in [-0.2, 0) is 0 Å². The van der Waals surface area contributed by atoms with Gasteiger partial charge in [-0.05, 0) is 31.6 Å². The Morgan fingerprint density at radius 1 is 1.56 bits per heavy atom. The van der Waals surface area contributed by atoms with Crippen molar-refractivity contribution < 1.29 is 0 Å². The summed E-state index contributed by atoms with van der Waals surface area (Å²) in [6.45, 7) is 12.3. The summed E-state index contributed by atoms with van der Waals surface area (Å²) in [6.07, 6.45) is 5.13. The molecule has 0 aromatic heterocycles. The summed E-state index contributed by atoms with van der Waals surface area (Å²) in [5.41, 5.74) is 7.36. The lowest BCUT2D eigenvalue weighted by Crippen LogP contribution is -2.54. The SMILES string of the molecule is C=C(C)CNC1(CN)CCCC(C(C)C)C1. The third-order valence-corrected chi connectivity index (χ3v) is 3.98. The van der Waals surface area contributed by atoms with Gasteiger partial charge in [0, 0.05) is 18.6 Å². The van der Waals surface area contributed by atoms with Gasteiger partial charge in [-0.2, -0.15) is 0 Å². The molecule has 0 aromatic carbocycles. The van der Waals surface area contributed by atoms with Crippen molar-refractivity contribution in [3.05, 3.63) is 12.2 Å². The van der Waals surface area contributed by atoms with E-state index in [0.29, 0.717) is 0 Å². The zero-order valence-corrected chi connectivity index (χ0v) is 11.2. The molecule has 0 aliphatic heterocycles. The number of nitrogens with one attached hydrogen (secondary N) is 1. The molecule has 1 aliphatic rings. The summed E-state index contributed by atoms with van der Waals surface area (Å²) in [4.78, 5) is 0. The fourth-order valence-corrected chi connectivity index (χ4v) is 2.73. The molecular formula is C14H28N2. The van der Waals surface area contributed by atoms with Crippen LogP contribution in [-0.4, -0.2) is 18.6 Å². The minimum absolute atomic E-state index is 0.173. The molecule has 2 unspecified atom stereocenters. The van der Waals surface area contributed by atoms with Gasteiger partial charge in [-0.3, -0.25) is 0 Å². The normalized spacial score (nSPS) is 30.7. The van der Waals surface area contributed by atoms with Gasteiger partial charge in [0.25, 0.3) is 0 Å². The highest BCUT2D eigenvalue weighted by Crippen LogP contribution is 2.35. The van der Waals surface area contributed by atoms with Crippen LogP contribution in [0.2, 0.25) is 0 Å². The smallest absolute Gasteiger partial charge is 0.0309 e. The van der Waals surface area contributed by atoms with Crippen LogP contribution in [0.25, 0.3) is 0 Å². The summed E-state index contributed by atoms with van der Waals surface area (Å²) in [6, 6.07) is 0. The predicted molar refractivity (Wildman–Crippen MR) is 71.4 cm³/mol. The Kier molecular flexibility index (Phi) is 5.00. The maximum atomic E-state index is 5.99. The van der Waals surface area contributed by atoms with Crippen LogP contribution >= 0.6 is 0 Å². The molecule has 1 saturated carbocycles. The molecule has 2 atom stereocenters. The van der Waals surface area contributed by atoms with Crippen LogP contribution in [0.3, 0.4) is 0 Å². The van der Waals surface area contributed by atoms with E-state index in [1.807, 2.05) is 0 Å². The van der Waals surface area contributed by atoms with E-state index in [1.54, 1.807) is 0 Å². The van der Waals surface area contributed by atoms with E-state index in [2.05, 4.69) is 32.7 Å². The lowest BCUT2D eigenvalue weighted by molar-refractivity contribution is 0.156. The fourth-order valence-electron chi connectivity index (χ4n) is 2.73. The van der Waals surface area contributed by atoms with Crippen molar-refractivity contribution in [2.24, 2.45) is 17.6 Å². The van der Waals surface area contributed by atoms with Crippen molar-refractivity contribution in [2.75, 3.05) is 13.1 Å². The Morgan fingerprint density at radius 3 is 2.75 bits per heavy atom. The van der Waals surface area contributed by atoms with Gasteiger partial charge < -0.3 is 11.1 Å². The summed E-state index contributed by atoms with van der Waals surface area (Å²) in [7, 11) is 0. The maximum Gasteiger partial charge on any atom is 0.0309 e. The number of hydrogen-bond acceptors (Lipinski definition) is 2. The molecule has 0 aromatic rings. The van der Waals surface area contributed by atoms with E-state index >= 15 is 0 Å². The Balaban J connectivity index is 2.60. The second-order valence-electron chi connectivity index (χ2n) is 5.90. The van der Waals surface area contributed by atoms with Gasteiger partial charge in [-0.25, -0.2) is 0 Å². The fraction of sp³-hybridized carbons (Fsp3) is 0.857. The Hall–Kier alpha value is -0.340. The topological polar surface area (TPSA) is 38.0 Å².